The summed E-state index contributed by atoms with van der Waals surface area (Å²) in [7, 11) is 3.16. The van der Waals surface area contributed by atoms with E-state index in [2.05, 4.69) is 86.6 Å². The van der Waals surface area contributed by atoms with Gasteiger partial charge in [0.25, 0.3) is 11.8 Å². The van der Waals surface area contributed by atoms with E-state index in [0.717, 1.165) is 138 Å². The molecule has 0 radical (unpaired) electrons. The van der Waals surface area contributed by atoms with Crippen LogP contribution in [0.25, 0.3) is 55.4 Å². The van der Waals surface area contributed by atoms with Gasteiger partial charge in [-0.25, -0.2) is 14.6 Å². The number of aromatic nitrogens is 6. The SMILES string of the molecule is COC(=O)N[C@@H]1CC[C@@H](n2c(=O)n(C)c3cnc4[nH]c(-c5ccc(CN6CCC(CN7CCN(c8cccc9c8C(=O)N(C8CCC(=O)NC8=O)C9=O)CC7)CC6)cc5)c(-c5ccc6c(cnn6C(C)C)c5)c4c32)C1. The zero-order valence-electron chi connectivity index (χ0n) is 42.8. The Bertz CT molecular complexity index is 3500. The molecular formula is C56H62N12O7. The molecule has 7 aromatic rings. The molecule has 0 bridgehead atoms. The normalized spacial score (nSPS) is 21.1. The van der Waals surface area contributed by atoms with Gasteiger partial charge >= 0.3 is 11.8 Å². The summed E-state index contributed by atoms with van der Waals surface area (Å²) in [5.41, 5.74) is 9.67. The molecule has 5 aliphatic rings. The first-order valence-corrected chi connectivity index (χ1v) is 26.4. The second-order valence-electron chi connectivity index (χ2n) is 21.4. The van der Waals surface area contributed by atoms with Gasteiger partial charge in [-0.05, 0) is 112 Å². The van der Waals surface area contributed by atoms with E-state index in [4.69, 9.17) is 14.8 Å². The zero-order valence-corrected chi connectivity index (χ0v) is 42.8. The van der Waals surface area contributed by atoms with Crippen LogP contribution in [-0.2, 0) is 27.9 Å². The van der Waals surface area contributed by atoms with Gasteiger partial charge in [0, 0.05) is 81.8 Å². The number of alkyl carbamates (subject to hydrolysis) is 1. The predicted molar refractivity (Wildman–Crippen MR) is 283 cm³/mol. The molecule has 19 nitrogen and oxygen atoms in total. The molecule has 1 unspecified atom stereocenters. The number of benzene rings is 3. The molecule has 5 amide bonds. The van der Waals surface area contributed by atoms with Crippen LogP contribution in [0.5, 0.6) is 0 Å². The maximum atomic E-state index is 14.3. The summed E-state index contributed by atoms with van der Waals surface area (Å²) in [5, 5.41) is 11.9. The molecule has 3 aromatic carbocycles. The minimum Gasteiger partial charge on any atom is -0.453 e. The molecule has 3 saturated heterocycles. The van der Waals surface area contributed by atoms with E-state index in [1.807, 2.05) is 21.5 Å². The summed E-state index contributed by atoms with van der Waals surface area (Å²) in [6.07, 6.45) is 7.71. The number of imide groups is 2. The molecule has 1 aliphatic carbocycles. The summed E-state index contributed by atoms with van der Waals surface area (Å²) >= 11 is 0. The highest BCUT2D eigenvalue weighted by atomic mass is 16.5. The Morgan fingerprint density at radius 3 is 2.35 bits per heavy atom. The molecule has 12 rings (SSSR count). The topological polar surface area (TPSA) is 205 Å². The maximum absolute atomic E-state index is 14.3. The molecule has 388 valence electrons. The first-order chi connectivity index (χ1) is 36.3. The lowest BCUT2D eigenvalue weighted by atomic mass is 9.95. The van der Waals surface area contributed by atoms with Crippen LogP contribution < -0.4 is 21.2 Å². The monoisotopic (exact) mass is 1010 g/mol. The number of amides is 5. The molecule has 3 N–H and O–H groups in total. The summed E-state index contributed by atoms with van der Waals surface area (Å²) in [6, 6.07) is 19.6. The first kappa shape index (κ1) is 48.3. The van der Waals surface area contributed by atoms with Crippen molar-refractivity contribution in [2.75, 3.05) is 57.8 Å². The van der Waals surface area contributed by atoms with Crippen LogP contribution in [-0.4, -0.2) is 138 Å². The average Bonchev–Trinajstić information content (AvgIpc) is 4.25. The Morgan fingerprint density at radius 1 is 0.827 bits per heavy atom. The lowest BCUT2D eigenvalue weighted by Crippen LogP contribution is -2.54. The number of hydrogen-bond acceptors (Lipinski definition) is 12. The number of anilines is 1. The highest BCUT2D eigenvalue weighted by Crippen LogP contribution is 2.44. The highest BCUT2D eigenvalue weighted by molar-refractivity contribution is 6.25. The number of rotatable bonds is 11. The third-order valence-corrected chi connectivity index (χ3v) is 16.6. The standard InChI is InChI=1S/C56H62N12O7/c1-32(2)68-41-15-12-36(26-37(41)28-58-68)46-48-50-44(62(3)56(74)66(50)39-14-13-38(27-39)59-55(73)75-4)29-57-51(48)61-49(46)35-10-8-33(9-11-35)30-63-20-18-34(19-21-63)31-64-22-24-65(25-23-64)42-7-5-6-40-47(42)54(72)67(53(40)71)43-16-17-45(69)60-52(43)70/h5-12,15,26,28-29,32,34,38-39,43H,13-14,16-25,27,30-31H2,1-4H3,(H,57,61)(H,59,73)(H,60,69,70)/t38-,39-,43?/m1/s1. The number of aromatic amines is 1. The Hall–Kier alpha value is -7.64. The van der Waals surface area contributed by atoms with Crippen molar-refractivity contribution in [2.45, 2.75) is 89.5 Å². The molecule has 1 saturated carbocycles. The minimum absolute atomic E-state index is 0.0845. The zero-order chi connectivity index (χ0) is 51.8. The lowest BCUT2D eigenvalue weighted by molar-refractivity contribution is -0.136. The van der Waals surface area contributed by atoms with Crippen molar-refractivity contribution in [3.05, 3.63) is 100 Å². The number of fused-ring (bicyclic) bond motifs is 5. The number of H-pyrrole nitrogens is 1. The van der Waals surface area contributed by atoms with Crippen molar-refractivity contribution >= 4 is 68.4 Å². The third-order valence-electron chi connectivity index (χ3n) is 16.6. The number of piperazine rings is 1. The number of ether oxygens (including phenoxy) is 1. The number of hydrogen-bond donors (Lipinski definition) is 3. The summed E-state index contributed by atoms with van der Waals surface area (Å²) in [5.74, 6) is -1.38. The molecule has 4 aromatic heterocycles. The molecule has 3 atom stereocenters. The fraction of sp³-hybridized carbons (Fsp3) is 0.429. The maximum Gasteiger partial charge on any atom is 0.407 e. The van der Waals surface area contributed by atoms with Gasteiger partial charge in [0.15, 0.2) is 0 Å². The number of methoxy groups -OCH3 is 1. The van der Waals surface area contributed by atoms with E-state index in [0.29, 0.717) is 29.1 Å². The summed E-state index contributed by atoms with van der Waals surface area (Å²) in [4.78, 5) is 95.1. The van der Waals surface area contributed by atoms with Gasteiger partial charge in [-0.1, -0.05) is 36.4 Å². The average molecular weight is 1020 g/mol. The minimum atomic E-state index is -0.991. The van der Waals surface area contributed by atoms with Gasteiger partial charge in [0.2, 0.25) is 11.8 Å². The number of piperidine rings is 2. The number of imidazole rings is 1. The van der Waals surface area contributed by atoms with Crippen LogP contribution in [0.4, 0.5) is 10.5 Å². The Kier molecular flexibility index (Phi) is 12.4. The van der Waals surface area contributed by atoms with Gasteiger partial charge in [-0.2, -0.15) is 5.10 Å². The molecule has 4 aliphatic heterocycles. The lowest BCUT2D eigenvalue weighted by Gasteiger charge is -2.40. The predicted octanol–water partition coefficient (Wildman–Crippen LogP) is 6.37. The van der Waals surface area contributed by atoms with E-state index in [-0.39, 0.29) is 36.7 Å². The Morgan fingerprint density at radius 2 is 1.60 bits per heavy atom. The first-order valence-electron chi connectivity index (χ1n) is 26.4. The van der Waals surface area contributed by atoms with Crippen LogP contribution in [0.3, 0.4) is 0 Å². The van der Waals surface area contributed by atoms with Crippen molar-refractivity contribution in [3.63, 3.8) is 0 Å². The van der Waals surface area contributed by atoms with Crippen LogP contribution in [0, 0.1) is 5.92 Å². The second kappa shape index (κ2) is 19.2. The molecule has 0 spiro atoms. The van der Waals surface area contributed by atoms with Crippen molar-refractivity contribution in [2.24, 2.45) is 13.0 Å². The summed E-state index contributed by atoms with van der Waals surface area (Å²) < 4.78 is 10.5. The van der Waals surface area contributed by atoms with Crippen molar-refractivity contribution in [1.82, 2.24) is 54.2 Å². The quantitative estimate of drug-likeness (QED) is 0.121. The van der Waals surface area contributed by atoms with Gasteiger partial charge in [0.05, 0.1) is 63.9 Å². The number of likely N-dealkylation sites (tertiary alicyclic amines) is 1. The third kappa shape index (κ3) is 8.54. The number of nitrogens with zero attached hydrogens (tertiary/aromatic N) is 9. The number of pyridine rings is 1. The smallest absolute Gasteiger partial charge is 0.407 e. The molecule has 19 heteroatoms. The Labute approximate surface area is 432 Å². The van der Waals surface area contributed by atoms with Crippen LogP contribution in [0.15, 0.2) is 77.9 Å². The van der Waals surface area contributed by atoms with Crippen molar-refractivity contribution in [3.8, 4) is 22.4 Å². The van der Waals surface area contributed by atoms with Gasteiger partial charge < -0.3 is 19.9 Å². The molecule has 4 fully saturated rings. The summed E-state index contributed by atoms with van der Waals surface area (Å²) in [6.45, 7) is 11.2. The number of carbonyl (C=O) groups is 5. The highest BCUT2D eigenvalue weighted by Gasteiger charge is 2.46. The molecular weight excluding hydrogens is 953 g/mol. The fourth-order valence-corrected chi connectivity index (χ4v) is 12.7. The van der Waals surface area contributed by atoms with Gasteiger partial charge in [0.1, 0.15) is 11.7 Å². The number of nitrogens with one attached hydrogen (secondary N) is 3. The van der Waals surface area contributed by atoms with E-state index in [9.17, 15) is 28.8 Å². The van der Waals surface area contributed by atoms with Gasteiger partial charge in [-0.15, -0.1) is 0 Å². The van der Waals surface area contributed by atoms with E-state index >= 15 is 0 Å². The van der Waals surface area contributed by atoms with E-state index < -0.39 is 35.8 Å². The Balaban J connectivity index is 0.736. The largest absolute Gasteiger partial charge is 0.453 e. The molecule has 8 heterocycles. The number of aryl methyl sites for hydroxylation is 1. The van der Waals surface area contributed by atoms with Crippen LogP contribution in [0.1, 0.15) is 97.2 Å². The van der Waals surface area contributed by atoms with E-state index in [1.165, 1.54) is 12.7 Å². The van der Waals surface area contributed by atoms with E-state index in [1.54, 1.807) is 29.9 Å². The van der Waals surface area contributed by atoms with Crippen molar-refractivity contribution < 1.29 is 28.7 Å². The van der Waals surface area contributed by atoms with Crippen LogP contribution >= 0.6 is 0 Å². The molecule has 75 heavy (non-hydrogen) atoms. The number of carbonyl (C=O) groups excluding carboxylic acids is 5. The van der Waals surface area contributed by atoms with Gasteiger partial charge in [-0.3, -0.25) is 53.0 Å². The van der Waals surface area contributed by atoms with Crippen LogP contribution in [0.2, 0.25) is 0 Å². The fourth-order valence-electron chi connectivity index (χ4n) is 12.7. The second-order valence-corrected chi connectivity index (χ2v) is 21.4. The van der Waals surface area contributed by atoms with Crippen molar-refractivity contribution in [1.29, 1.82) is 0 Å².